The van der Waals surface area contributed by atoms with E-state index in [1.807, 2.05) is 5.32 Å². The molecule has 0 atom stereocenters. The van der Waals surface area contributed by atoms with Crippen LogP contribution in [0.15, 0.2) is 42.7 Å². The minimum Gasteiger partial charge on any atom is -0.465 e. The molecule has 1 heterocycles. The highest BCUT2D eigenvalue weighted by atomic mass is 16.6. The van der Waals surface area contributed by atoms with E-state index in [1.165, 1.54) is 12.1 Å². The Morgan fingerprint density at radius 1 is 1.32 bits per heavy atom. The number of hydrogen-bond donors (Lipinski definition) is 2. The van der Waals surface area contributed by atoms with Crippen molar-refractivity contribution in [1.82, 2.24) is 4.98 Å². The van der Waals surface area contributed by atoms with Gasteiger partial charge in [0, 0.05) is 24.0 Å². The van der Waals surface area contributed by atoms with Crippen LogP contribution in [0.25, 0.3) is 11.1 Å². The molecular formula is C12H9N3O4. The molecule has 0 saturated heterocycles. The van der Waals surface area contributed by atoms with Gasteiger partial charge in [0.2, 0.25) is 0 Å². The summed E-state index contributed by atoms with van der Waals surface area (Å²) in [5.74, 6) is 0. The highest BCUT2D eigenvalue weighted by Crippen LogP contribution is 2.30. The molecule has 0 saturated carbocycles. The number of amides is 1. The first kappa shape index (κ1) is 12.5. The largest absolute Gasteiger partial charge is 0.465 e. The van der Waals surface area contributed by atoms with Crippen LogP contribution in [0.2, 0.25) is 0 Å². The summed E-state index contributed by atoms with van der Waals surface area (Å²) in [7, 11) is 0. The van der Waals surface area contributed by atoms with Crippen LogP contribution in [0.1, 0.15) is 0 Å². The van der Waals surface area contributed by atoms with Gasteiger partial charge in [0.25, 0.3) is 5.69 Å². The standard InChI is InChI=1S/C12H9N3O4/c16-12(17)14-10-4-3-8(6-11(10)15(18)19)9-2-1-5-13-7-9/h1-7,14H,(H,16,17). The summed E-state index contributed by atoms with van der Waals surface area (Å²) in [5, 5.41) is 21.6. The van der Waals surface area contributed by atoms with Gasteiger partial charge >= 0.3 is 6.09 Å². The molecule has 7 nitrogen and oxygen atoms in total. The van der Waals surface area contributed by atoms with Gasteiger partial charge in [-0.1, -0.05) is 12.1 Å². The van der Waals surface area contributed by atoms with Crippen molar-refractivity contribution < 1.29 is 14.8 Å². The quantitative estimate of drug-likeness (QED) is 0.651. The first-order valence-corrected chi connectivity index (χ1v) is 5.26. The first-order chi connectivity index (χ1) is 9.08. The van der Waals surface area contributed by atoms with Crippen LogP contribution in [0.3, 0.4) is 0 Å². The summed E-state index contributed by atoms with van der Waals surface area (Å²) in [6, 6.07) is 7.73. The smallest absolute Gasteiger partial charge is 0.409 e. The van der Waals surface area contributed by atoms with E-state index >= 15 is 0 Å². The number of rotatable bonds is 3. The molecule has 96 valence electrons. The Labute approximate surface area is 107 Å². The number of carbonyl (C=O) groups is 1. The monoisotopic (exact) mass is 259 g/mol. The number of nitrogens with zero attached hydrogens (tertiary/aromatic N) is 2. The molecule has 1 aromatic carbocycles. The van der Waals surface area contributed by atoms with Crippen molar-refractivity contribution in [1.29, 1.82) is 0 Å². The van der Waals surface area contributed by atoms with Crippen LogP contribution >= 0.6 is 0 Å². The van der Waals surface area contributed by atoms with Crippen molar-refractivity contribution >= 4 is 17.5 Å². The molecule has 2 N–H and O–H groups in total. The molecule has 2 rings (SSSR count). The summed E-state index contributed by atoms with van der Waals surface area (Å²) < 4.78 is 0. The molecule has 1 aromatic heterocycles. The molecule has 0 unspecified atom stereocenters. The van der Waals surface area contributed by atoms with Crippen molar-refractivity contribution in [3.8, 4) is 11.1 Å². The lowest BCUT2D eigenvalue weighted by Gasteiger charge is -2.05. The van der Waals surface area contributed by atoms with Crippen molar-refractivity contribution in [3.05, 3.63) is 52.8 Å². The van der Waals surface area contributed by atoms with E-state index in [2.05, 4.69) is 4.98 Å². The normalized spacial score (nSPS) is 9.89. The zero-order valence-electron chi connectivity index (χ0n) is 9.61. The van der Waals surface area contributed by atoms with Gasteiger partial charge in [-0.15, -0.1) is 0 Å². The maximum Gasteiger partial charge on any atom is 0.409 e. The second-order valence-corrected chi connectivity index (χ2v) is 3.66. The second kappa shape index (κ2) is 5.13. The summed E-state index contributed by atoms with van der Waals surface area (Å²) in [4.78, 5) is 24.8. The molecule has 0 aliphatic heterocycles. The fraction of sp³-hybridized carbons (Fsp3) is 0. The molecule has 0 radical (unpaired) electrons. The zero-order chi connectivity index (χ0) is 13.8. The summed E-state index contributed by atoms with van der Waals surface area (Å²) >= 11 is 0. The van der Waals surface area contributed by atoms with Gasteiger partial charge in [-0.3, -0.25) is 20.4 Å². The SMILES string of the molecule is O=C(O)Nc1ccc(-c2cccnc2)cc1[N+](=O)[O-]. The Hall–Kier alpha value is -2.96. The number of benzene rings is 1. The van der Waals surface area contributed by atoms with Crippen LogP contribution in [0.4, 0.5) is 16.2 Å². The summed E-state index contributed by atoms with van der Waals surface area (Å²) in [6.45, 7) is 0. The number of anilines is 1. The molecular weight excluding hydrogens is 250 g/mol. The first-order valence-electron chi connectivity index (χ1n) is 5.26. The minimum absolute atomic E-state index is 0.0647. The lowest BCUT2D eigenvalue weighted by atomic mass is 10.1. The Morgan fingerprint density at radius 2 is 2.11 bits per heavy atom. The molecule has 2 aromatic rings. The maximum atomic E-state index is 10.9. The minimum atomic E-state index is -1.35. The number of nitro groups is 1. The molecule has 0 fully saturated rings. The van der Waals surface area contributed by atoms with Gasteiger partial charge in [-0.25, -0.2) is 4.79 Å². The average molecular weight is 259 g/mol. The van der Waals surface area contributed by atoms with Gasteiger partial charge < -0.3 is 5.11 Å². The number of nitrogens with one attached hydrogen (secondary N) is 1. The predicted molar refractivity (Wildman–Crippen MR) is 68.0 cm³/mol. The van der Waals surface area contributed by atoms with E-state index in [4.69, 9.17) is 5.11 Å². The van der Waals surface area contributed by atoms with E-state index < -0.39 is 11.0 Å². The molecule has 0 aliphatic carbocycles. The number of hydrogen-bond acceptors (Lipinski definition) is 4. The fourth-order valence-corrected chi connectivity index (χ4v) is 1.62. The third kappa shape index (κ3) is 2.83. The van der Waals surface area contributed by atoms with E-state index in [0.717, 1.165) is 0 Å². The van der Waals surface area contributed by atoms with E-state index in [9.17, 15) is 14.9 Å². The van der Waals surface area contributed by atoms with Crippen LogP contribution in [0, 0.1) is 10.1 Å². The van der Waals surface area contributed by atoms with E-state index in [1.54, 1.807) is 30.6 Å². The molecule has 7 heteroatoms. The lowest BCUT2D eigenvalue weighted by Crippen LogP contribution is -2.09. The molecule has 0 aliphatic rings. The average Bonchev–Trinajstić information content (AvgIpc) is 2.39. The van der Waals surface area contributed by atoms with Crippen LogP contribution in [-0.2, 0) is 0 Å². The highest BCUT2D eigenvalue weighted by molar-refractivity contribution is 5.87. The third-order valence-electron chi connectivity index (χ3n) is 2.43. The Bertz CT molecular complexity index is 628. The van der Waals surface area contributed by atoms with Crippen molar-refractivity contribution in [3.63, 3.8) is 0 Å². The predicted octanol–water partition coefficient (Wildman–Crippen LogP) is 2.75. The number of nitro benzene ring substituents is 1. The highest BCUT2D eigenvalue weighted by Gasteiger charge is 2.16. The molecule has 0 spiro atoms. The van der Waals surface area contributed by atoms with Crippen LogP contribution < -0.4 is 5.32 Å². The number of aromatic nitrogens is 1. The number of pyridine rings is 1. The van der Waals surface area contributed by atoms with Crippen LogP contribution in [0.5, 0.6) is 0 Å². The van der Waals surface area contributed by atoms with Gasteiger partial charge in [0.15, 0.2) is 0 Å². The fourth-order valence-electron chi connectivity index (χ4n) is 1.62. The molecule has 19 heavy (non-hydrogen) atoms. The zero-order valence-corrected chi connectivity index (χ0v) is 9.61. The summed E-state index contributed by atoms with van der Waals surface area (Å²) in [5.41, 5.74) is 0.942. The van der Waals surface area contributed by atoms with Gasteiger partial charge in [0.1, 0.15) is 5.69 Å². The Kier molecular flexibility index (Phi) is 3.37. The Morgan fingerprint density at radius 3 is 2.68 bits per heavy atom. The van der Waals surface area contributed by atoms with E-state index in [0.29, 0.717) is 11.1 Å². The topological polar surface area (TPSA) is 105 Å². The van der Waals surface area contributed by atoms with Crippen LogP contribution in [-0.4, -0.2) is 21.1 Å². The van der Waals surface area contributed by atoms with Gasteiger partial charge in [-0.2, -0.15) is 0 Å². The van der Waals surface area contributed by atoms with E-state index in [-0.39, 0.29) is 11.4 Å². The maximum absolute atomic E-state index is 10.9. The molecule has 1 amide bonds. The lowest BCUT2D eigenvalue weighted by molar-refractivity contribution is -0.383. The van der Waals surface area contributed by atoms with Gasteiger partial charge in [0.05, 0.1) is 4.92 Å². The second-order valence-electron chi connectivity index (χ2n) is 3.66. The Balaban J connectivity index is 2.48. The van der Waals surface area contributed by atoms with Crippen molar-refractivity contribution in [2.45, 2.75) is 0 Å². The number of carboxylic acid groups (broad SMARTS) is 1. The molecule has 0 bridgehead atoms. The van der Waals surface area contributed by atoms with Gasteiger partial charge in [-0.05, 0) is 17.7 Å². The van der Waals surface area contributed by atoms with Crippen molar-refractivity contribution in [2.24, 2.45) is 0 Å². The summed E-state index contributed by atoms with van der Waals surface area (Å²) in [6.07, 6.45) is 1.82. The third-order valence-corrected chi connectivity index (χ3v) is 2.43. The van der Waals surface area contributed by atoms with Crippen molar-refractivity contribution in [2.75, 3.05) is 5.32 Å².